The van der Waals surface area contributed by atoms with Gasteiger partial charge in [-0.05, 0) is 31.7 Å². The minimum Gasteiger partial charge on any atom is -0.385 e. The molecule has 9 heteroatoms. The van der Waals surface area contributed by atoms with Gasteiger partial charge in [0.25, 0.3) is 5.56 Å². The summed E-state index contributed by atoms with van der Waals surface area (Å²) in [6, 6.07) is 7.52. The molecule has 1 amide bonds. The third-order valence-electron chi connectivity index (χ3n) is 5.59. The highest BCUT2D eigenvalue weighted by atomic mass is 35.5. The van der Waals surface area contributed by atoms with Crippen molar-refractivity contribution in [3.05, 3.63) is 45.0 Å². The van der Waals surface area contributed by atoms with Crippen molar-refractivity contribution in [1.29, 1.82) is 0 Å². The number of hydrogen-bond acceptors (Lipinski definition) is 6. The molecule has 1 saturated heterocycles. The predicted octanol–water partition coefficient (Wildman–Crippen LogP) is 4.92. The fraction of sp³-hybridized carbons (Fsp3) is 0.435. The van der Waals surface area contributed by atoms with Gasteiger partial charge in [-0.25, -0.2) is 4.98 Å². The SMILES string of the molecule is COCCCn1c(SCC(=O)N2CCCCC2)nc2scc(-c3ccccc3Cl)c2c1=O. The highest BCUT2D eigenvalue weighted by molar-refractivity contribution is 7.99. The molecule has 4 rings (SSSR count). The first-order valence-corrected chi connectivity index (χ1v) is 13.0. The van der Waals surface area contributed by atoms with Crippen LogP contribution in [0.4, 0.5) is 0 Å². The first kappa shape index (κ1) is 23.3. The van der Waals surface area contributed by atoms with Gasteiger partial charge in [0.2, 0.25) is 5.91 Å². The molecule has 0 aliphatic carbocycles. The molecule has 0 unspecified atom stereocenters. The molecule has 32 heavy (non-hydrogen) atoms. The van der Waals surface area contributed by atoms with Crippen molar-refractivity contribution in [2.24, 2.45) is 0 Å². The Morgan fingerprint density at radius 2 is 2.00 bits per heavy atom. The number of likely N-dealkylation sites (tertiary alicyclic amines) is 1. The van der Waals surface area contributed by atoms with Crippen LogP contribution in [-0.2, 0) is 16.1 Å². The van der Waals surface area contributed by atoms with E-state index in [1.807, 2.05) is 34.5 Å². The second-order valence-electron chi connectivity index (χ2n) is 7.74. The van der Waals surface area contributed by atoms with Crippen molar-refractivity contribution in [1.82, 2.24) is 14.5 Å². The van der Waals surface area contributed by atoms with Crippen molar-refractivity contribution in [3.8, 4) is 11.1 Å². The van der Waals surface area contributed by atoms with E-state index in [4.69, 9.17) is 21.3 Å². The first-order chi connectivity index (χ1) is 15.6. The smallest absolute Gasteiger partial charge is 0.263 e. The summed E-state index contributed by atoms with van der Waals surface area (Å²) in [6.07, 6.45) is 3.98. The van der Waals surface area contributed by atoms with Gasteiger partial charge in [-0.15, -0.1) is 11.3 Å². The van der Waals surface area contributed by atoms with Crippen LogP contribution in [0.15, 0.2) is 39.6 Å². The number of amides is 1. The van der Waals surface area contributed by atoms with Crippen LogP contribution in [0.3, 0.4) is 0 Å². The molecule has 0 N–H and O–H groups in total. The van der Waals surface area contributed by atoms with Crippen molar-refractivity contribution < 1.29 is 9.53 Å². The summed E-state index contributed by atoms with van der Waals surface area (Å²) in [7, 11) is 1.64. The molecule has 1 aliphatic rings. The molecule has 0 atom stereocenters. The maximum atomic E-state index is 13.6. The van der Waals surface area contributed by atoms with Crippen LogP contribution < -0.4 is 5.56 Å². The summed E-state index contributed by atoms with van der Waals surface area (Å²) in [5.41, 5.74) is 1.52. The van der Waals surface area contributed by atoms with E-state index in [2.05, 4.69) is 0 Å². The van der Waals surface area contributed by atoms with Crippen LogP contribution >= 0.6 is 34.7 Å². The van der Waals surface area contributed by atoms with Crippen molar-refractivity contribution in [2.45, 2.75) is 37.4 Å². The van der Waals surface area contributed by atoms with Crippen LogP contribution in [0, 0.1) is 0 Å². The Kier molecular flexibility index (Phi) is 7.88. The highest BCUT2D eigenvalue weighted by Gasteiger charge is 2.21. The fourth-order valence-electron chi connectivity index (χ4n) is 3.92. The number of fused-ring (bicyclic) bond motifs is 1. The van der Waals surface area contributed by atoms with Crippen LogP contribution in [0.5, 0.6) is 0 Å². The van der Waals surface area contributed by atoms with Gasteiger partial charge < -0.3 is 9.64 Å². The summed E-state index contributed by atoms with van der Waals surface area (Å²) in [6.45, 7) is 2.66. The third-order valence-corrected chi connectivity index (χ3v) is 7.75. The lowest BCUT2D eigenvalue weighted by Crippen LogP contribution is -2.37. The van der Waals surface area contributed by atoms with Gasteiger partial charge in [0.05, 0.1) is 11.1 Å². The lowest BCUT2D eigenvalue weighted by atomic mass is 10.1. The van der Waals surface area contributed by atoms with Crippen LogP contribution in [0.1, 0.15) is 25.7 Å². The Hall–Kier alpha value is -1.87. The maximum absolute atomic E-state index is 13.6. The molecule has 1 aliphatic heterocycles. The number of hydrogen-bond donors (Lipinski definition) is 0. The number of carbonyl (C=O) groups excluding carboxylic acids is 1. The summed E-state index contributed by atoms with van der Waals surface area (Å²) < 4.78 is 6.87. The third kappa shape index (κ3) is 5.03. The maximum Gasteiger partial charge on any atom is 0.263 e. The number of piperidine rings is 1. The number of halogens is 1. The fourth-order valence-corrected chi connectivity index (χ4v) is 6.06. The number of ether oxygens (including phenoxy) is 1. The monoisotopic (exact) mass is 491 g/mol. The summed E-state index contributed by atoms with van der Waals surface area (Å²) in [5.74, 6) is 0.390. The number of rotatable bonds is 8. The Bertz CT molecular complexity index is 1160. The number of aromatic nitrogens is 2. The normalized spacial score (nSPS) is 14.2. The predicted molar refractivity (Wildman–Crippen MR) is 132 cm³/mol. The van der Waals surface area contributed by atoms with Crippen molar-refractivity contribution >= 4 is 50.8 Å². The molecule has 0 radical (unpaired) electrons. The lowest BCUT2D eigenvalue weighted by molar-refractivity contribution is -0.129. The molecule has 1 fully saturated rings. The average molecular weight is 492 g/mol. The minimum atomic E-state index is -0.102. The van der Waals surface area contributed by atoms with E-state index in [9.17, 15) is 9.59 Å². The lowest BCUT2D eigenvalue weighted by Gasteiger charge is -2.26. The standard InChI is InChI=1S/C23H26ClN3O3S2/c1-30-13-7-12-27-22(29)20-17(16-8-3-4-9-18(16)24)14-31-21(20)25-23(27)32-15-19(28)26-10-5-2-6-11-26/h3-4,8-9,14H,2,5-7,10-13,15H2,1H3. The van der Waals surface area contributed by atoms with Crippen LogP contribution in [0.2, 0.25) is 5.02 Å². The largest absolute Gasteiger partial charge is 0.385 e. The second-order valence-corrected chi connectivity index (χ2v) is 9.94. The zero-order chi connectivity index (χ0) is 22.5. The molecular formula is C23H26ClN3O3S2. The van der Waals surface area contributed by atoms with Gasteiger partial charge in [0.1, 0.15) is 4.83 Å². The molecule has 1 aromatic carbocycles. The van der Waals surface area contributed by atoms with E-state index < -0.39 is 0 Å². The minimum absolute atomic E-state index is 0.102. The van der Waals surface area contributed by atoms with Gasteiger partial charge in [-0.3, -0.25) is 14.2 Å². The van der Waals surface area contributed by atoms with Crippen LogP contribution in [0.25, 0.3) is 21.3 Å². The van der Waals surface area contributed by atoms with Gasteiger partial charge in [0.15, 0.2) is 5.16 Å². The Morgan fingerprint density at radius 1 is 1.22 bits per heavy atom. The molecule has 6 nitrogen and oxygen atoms in total. The molecule has 0 spiro atoms. The Balaban J connectivity index is 1.68. The second kappa shape index (κ2) is 10.8. The molecule has 2 aromatic heterocycles. The number of benzene rings is 1. The van der Waals surface area contributed by atoms with Crippen molar-refractivity contribution in [2.75, 3.05) is 32.6 Å². The molecule has 0 saturated carbocycles. The van der Waals surface area contributed by atoms with Gasteiger partial charge >= 0.3 is 0 Å². The number of thioether (sulfide) groups is 1. The quantitative estimate of drug-likeness (QED) is 0.254. The Morgan fingerprint density at radius 3 is 2.75 bits per heavy atom. The van der Waals surface area contributed by atoms with E-state index in [0.29, 0.717) is 40.0 Å². The molecule has 3 heterocycles. The number of methoxy groups -OCH3 is 1. The van der Waals surface area contributed by atoms with E-state index in [0.717, 1.165) is 37.1 Å². The van der Waals surface area contributed by atoms with E-state index in [-0.39, 0.29) is 17.2 Å². The molecule has 0 bridgehead atoms. The zero-order valence-electron chi connectivity index (χ0n) is 18.0. The Labute approximate surface area is 200 Å². The summed E-state index contributed by atoms with van der Waals surface area (Å²) in [4.78, 5) is 33.7. The molecule has 3 aromatic rings. The summed E-state index contributed by atoms with van der Waals surface area (Å²) in [5, 5.41) is 3.69. The number of thiophene rings is 1. The average Bonchev–Trinajstić information content (AvgIpc) is 3.24. The molecular weight excluding hydrogens is 466 g/mol. The number of carbonyl (C=O) groups is 1. The zero-order valence-corrected chi connectivity index (χ0v) is 20.4. The summed E-state index contributed by atoms with van der Waals surface area (Å²) >= 11 is 9.19. The van der Waals surface area contributed by atoms with E-state index in [1.54, 1.807) is 11.7 Å². The molecule has 170 valence electrons. The van der Waals surface area contributed by atoms with Gasteiger partial charge in [-0.1, -0.05) is 41.6 Å². The van der Waals surface area contributed by atoms with Crippen LogP contribution in [-0.4, -0.2) is 52.9 Å². The number of nitrogens with zero attached hydrogens (tertiary/aromatic N) is 3. The van der Waals surface area contributed by atoms with Gasteiger partial charge in [-0.2, -0.15) is 0 Å². The topological polar surface area (TPSA) is 64.4 Å². The highest BCUT2D eigenvalue weighted by Crippen LogP contribution is 2.36. The van der Waals surface area contributed by atoms with Crippen molar-refractivity contribution in [3.63, 3.8) is 0 Å². The van der Waals surface area contributed by atoms with Gasteiger partial charge in [0, 0.05) is 54.9 Å². The van der Waals surface area contributed by atoms with E-state index in [1.165, 1.54) is 29.5 Å². The first-order valence-electron chi connectivity index (χ1n) is 10.8. The van der Waals surface area contributed by atoms with E-state index >= 15 is 0 Å².